The second-order valence-electron chi connectivity index (χ2n) is 12.5. The highest BCUT2D eigenvalue weighted by molar-refractivity contribution is 5.95. The van der Waals surface area contributed by atoms with Gasteiger partial charge in [0.25, 0.3) is 5.91 Å². The summed E-state index contributed by atoms with van der Waals surface area (Å²) in [5, 5.41) is 10.3. The summed E-state index contributed by atoms with van der Waals surface area (Å²) in [7, 11) is 0. The number of rotatable bonds is 6. The summed E-state index contributed by atoms with van der Waals surface area (Å²) in [5.74, 6) is -0.609. The molecule has 6 rings (SSSR count). The lowest BCUT2D eigenvalue weighted by Gasteiger charge is -2.50. The van der Waals surface area contributed by atoms with Crippen LogP contribution in [0, 0.1) is 22.7 Å². The lowest BCUT2D eigenvalue weighted by Crippen LogP contribution is -2.65. The first-order valence-corrected chi connectivity index (χ1v) is 13.9. The maximum absolute atomic E-state index is 13.6. The number of likely N-dealkylation sites (tertiary alicyclic amines) is 2. The average Bonchev–Trinajstić information content (AvgIpc) is 3.22. The van der Waals surface area contributed by atoms with Crippen LogP contribution in [-0.4, -0.2) is 82.0 Å². The molecule has 0 bridgehead atoms. The van der Waals surface area contributed by atoms with Gasteiger partial charge < -0.3 is 20.4 Å². The van der Waals surface area contributed by atoms with Crippen molar-refractivity contribution < 1.29 is 19.2 Å². The van der Waals surface area contributed by atoms with E-state index in [4.69, 9.17) is 0 Å². The summed E-state index contributed by atoms with van der Waals surface area (Å²) < 4.78 is 1.74. The Hall–Kier alpha value is -3.69. The summed E-state index contributed by atoms with van der Waals surface area (Å²) in [6.45, 7) is 6.95. The summed E-state index contributed by atoms with van der Waals surface area (Å²) in [4.78, 5) is 55.6. The van der Waals surface area contributed by atoms with Gasteiger partial charge in [0, 0.05) is 62.7 Å². The van der Waals surface area contributed by atoms with Gasteiger partial charge in [0.15, 0.2) is 0 Å². The van der Waals surface area contributed by atoms with E-state index in [-0.39, 0.29) is 54.0 Å². The van der Waals surface area contributed by atoms with Crippen molar-refractivity contribution in [3.63, 3.8) is 0 Å². The minimum atomic E-state index is -0.481. The quantitative estimate of drug-likeness (QED) is 0.581. The second kappa shape index (κ2) is 9.50. The largest absolute Gasteiger partial charge is 0.356 e. The van der Waals surface area contributed by atoms with Gasteiger partial charge in [-0.05, 0) is 23.8 Å². The zero-order valence-corrected chi connectivity index (χ0v) is 22.6. The van der Waals surface area contributed by atoms with Gasteiger partial charge in [-0.2, -0.15) is 5.10 Å². The number of nitrogens with one attached hydrogen (secondary N) is 2. The molecule has 10 heteroatoms. The molecule has 4 heterocycles. The van der Waals surface area contributed by atoms with Crippen LogP contribution in [0.4, 0.5) is 0 Å². The fourth-order valence-electron chi connectivity index (χ4n) is 6.51. The number of piperidine rings is 1. The Morgan fingerprint density at radius 3 is 2.49 bits per heavy atom. The van der Waals surface area contributed by atoms with Crippen molar-refractivity contribution in [3.8, 4) is 0 Å². The smallest absolute Gasteiger partial charge is 0.257 e. The molecule has 4 aliphatic rings. The third kappa shape index (κ3) is 4.92. The van der Waals surface area contributed by atoms with E-state index in [0.29, 0.717) is 44.7 Å². The standard InChI is InChI=1S/C29H36N6O4/c1-28(2)11-22(28)27(39)34-17-29(18-34)16-33(15-23(29)25(37)32-21-8-9-30-24(36)10-21)26(38)20-12-31-35(14-20)13-19-6-4-3-5-7-19/h3-7,12,14,21-23H,8-11,13,15-18H2,1-2H3,(H,30,36)(H,32,37)/t21?,22-,23+/m1/s1. The molecular formula is C29H36N6O4. The van der Waals surface area contributed by atoms with E-state index >= 15 is 0 Å². The summed E-state index contributed by atoms with van der Waals surface area (Å²) >= 11 is 0. The number of aromatic nitrogens is 2. The van der Waals surface area contributed by atoms with E-state index in [1.807, 2.05) is 35.2 Å². The van der Waals surface area contributed by atoms with Crippen LogP contribution in [0.3, 0.4) is 0 Å². The van der Waals surface area contributed by atoms with Crippen molar-refractivity contribution in [1.29, 1.82) is 0 Å². The van der Waals surface area contributed by atoms with Crippen LogP contribution < -0.4 is 10.6 Å². The highest BCUT2D eigenvalue weighted by Crippen LogP contribution is 2.54. The van der Waals surface area contributed by atoms with Gasteiger partial charge in [-0.25, -0.2) is 0 Å². The third-order valence-electron chi connectivity index (χ3n) is 9.05. The maximum Gasteiger partial charge on any atom is 0.257 e. The Bertz CT molecular complexity index is 1300. The van der Waals surface area contributed by atoms with Crippen LogP contribution in [0.5, 0.6) is 0 Å². The predicted molar refractivity (Wildman–Crippen MR) is 142 cm³/mol. The van der Waals surface area contributed by atoms with E-state index in [0.717, 1.165) is 12.0 Å². The van der Waals surface area contributed by atoms with Gasteiger partial charge in [0.1, 0.15) is 0 Å². The number of amides is 4. The van der Waals surface area contributed by atoms with Crippen molar-refractivity contribution in [3.05, 3.63) is 53.9 Å². The van der Waals surface area contributed by atoms with E-state index in [2.05, 4.69) is 29.6 Å². The van der Waals surface area contributed by atoms with Crippen LogP contribution in [0.2, 0.25) is 0 Å². The summed E-state index contributed by atoms with van der Waals surface area (Å²) in [6, 6.07) is 9.71. The lowest BCUT2D eigenvalue weighted by molar-refractivity contribution is -0.151. The SMILES string of the molecule is CC1(C)C[C@@H]1C(=O)N1CC2(CN(C(=O)c3cnn(Cc4ccccc4)c3)C[C@H]2C(=O)NC2CCNC(=O)C2)C1. The third-order valence-corrected chi connectivity index (χ3v) is 9.05. The van der Waals surface area contributed by atoms with Crippen LogP contribution in [-0.2, 0) is 20.9 Å². The van der Waals surface area contributed by atoms with E-state index in [1.165, 1.54) is 0 Å². The molecule has 1 aliphatic carbocycles. The second-order valence-corrected chi connectivity index (χ2v) is 12.5. The molecule has 4 fully saturated rings. The van der Waals surface area contributed by atoms with Crippen molar-refractivity contribution in [2.75, 3.05) is 32.7 Å². The Morgan fingerprint density at radius 1 is 1.08 bits per heavy atom. The highest BCUT2D eigenvalue weighted by atomic mass is 16.2. The molecule has 39 heavy (non-hydrogen) atoms. The Balaban J connectivity index is 1.17. The van der Waals surface area contributed by atoms with Gasteiger partial charge >= 0.3 is 0 Å². The van der Waals surface area contributed by atoms with Crippen molar-refractivity contribution in [1.82, 2.24) is 30.2 Å². The lowest BCUT2D eigenvalue weighted by atomic mass is 9.70. The van der Waals surface area contributed by atoms with Crippen molar-refractivity contribution in [2.24, 2.45) is 22.7 Å². The zero-order chi connectivity index (χ0) is 27.4. The van der Waals surface area contributed by atoms with Crippen molar-refractivity contribution >= 4 is 23.6 Å². The molecule has 10 nitrogen and oxygen atoms in total. The summed E-state index contributed by atoms with van der Waals surface area (Å²) in [5.41, 5.74) is 1.13. The first-order valence-electron chi connectivity index (χ1n) is 13.9. The molecule has 1 aromatic carbocycles. The van der Waals surface area contributed by atoms with Crippen LogP contribution >= 0.6 is 0 Å². The topological polar surface area (TPSA) is 117 Å². The number of carbonyl (C=O) groups excluding carboxylic acids is 4. The van der Waals surface area contributed by atoms with Crippen molar-refractivity contribution in [2.45, 2.75) is 45.7 Å². The Morgan fingerprint density at radius 2 is 1.79 bits per heavy atom. The first-order chi connectivity index (χ1) is 18.6. The number of benzene rings is 1. The average molecular weight is 533 g/mol. The number of hydrogen-bond donors (Lipinski definition) is 2. The van der Waals surface area contributed by atoms with Gasteiger partial charge in [-0.15, -0.1) is 0 Å². The molecular weight excluding hydrogens is 496 g/mol. The molecule has 3 saturated heterocycles. The van der Waals surface area contributed by atoms with Crippen LogP contribution in [0.25, 0.3) is 0 Å². The van der Waals surface area contributed by atoms with E-state index in [9.17, 15) is 19.2 Å². The minimum Gasteiger partial charge on any atom is -0.356 e. The molecule has 1 unspecified atom stereocenters. The number of nitrogens with zero attached hydrogens (tertiary/aromatic N) is 4. The summed E-state index contributed by atoms with van der Waals surface area (Å²) in [6.07, 6.45) is 5.16. The van der Waals surface area contributed by atoms with Crippen LogP contribution in [0.1, 0.15) is 49.0 Å². The maximum atomic E-state index is 13.6. The molecule has 0 radical (unpaired) electrons. The molecule has 3 aliphatic heterocycles. The van der Waals surface area contributed by atoms with Crippen LogP contribution in [0.15, 0.2) is 42.7 Å². The number of carbonyl (C=O) groups is 4. The van der Waals surface area contributed by atoms with Gasteiger partial charge in [-0.1, -0.05) is 44.2 Å². The molecule has 2 aromatic rings. The molecule has 3 atom stereocenters. The number of hydrogen-bond acceptors (Lipinski definition) is 5. The van der Waals surface area contributed by atoms with E-state index in [1.54, 1.807) is 22.0 Å². The molecule has 4 amide bonds. The fraction of sp³-hybridized carbons (Fsp3) is 0.552. The van der Waals surface area contributed by atoms with Gasteiger partial charge in [0.2, 0.25) is 17.7 Å². The highest BCUT2D eigenvalue weighted by Gasteiger charge is 2.62. The molecule has 1 spiro atoms. The fourth-order valence-corrected chi connectivity index (χ4v) is 6.51. The molecule has 2 N–H and O–H groups in total. The molecule has 1 saturated carbocycles. The predicted octanol–water partition coefficient (Wildman–Crippen LogP) is 1.27. The van der Waals surface area contributed by atoms with E-state index < -0.39 is 11.3 Å². The normalized spacial score (nSPS) is 26.6. The Labute approximate surface area is 228 Å². The Kier molecular flexibility index (Phi) is 6.23. The molecule has 206 valence electrons. The monoisotopic (exact) mass is 532 g/mol. The molecule has 1 aromatic heterocycles. The van der Waals surface area contributed by atoms with Gasteiger partial charge in [0.05, 0.1) is 24.2 Å². The minimum absolute atomic E-state index is 0.0375. The first kappa shape index (κ1) is 25.6. The zero-order valence-electron chi connectivity index (χ0n) is 22.6. The van der Waals surface area contributed by atoms with Gasteiger partial charge in [-0.3, -0.25) is 23.9 Å².